The molecule has 0 atom stereocenters. The molecule has 1 amide bonds. The number of nitrogens with zero attached hydrogens (tertiary/aromatic N) is 3. The molecule has 276 valence electrons. The van der Waals surface area contributed by atoms with Crippen LogP contribution in [-0.4, -0.2) is 48.9 Å². The number of unbranched alkanes of at least 4 members (excludes halogenated alkanes) is 24. The predicted octanol–water partition coefficient (Wildman–Crippen LogP) is 9.15. The van der Waals surface area contributed by atoms with E-state index in [0.717, 1.165) is 71.1 Å². The first-order chi connectivity index (χ1) is 21.5. The number of guanidine groups is 2. The Morgan fingerprint density at radius 2 is 0.717 bits per heavy atom. The van der Waals surface area contributed by atoms with Crippen molar-refractivity contribution in [2.75, 3.05) is 26.2 Å². The fourth-order valence-electron chi connectivity index (χ4n) is 5.83. The number of halogens is 2. The highest BCUT2D eigenvalue weighted by Gasteiger charge is 2.12. The van der Waals surface area contributed by atoms with E-state index in [2.05, 4.69) is 21.8 Å². The molecule has 0 bridgehead atoms. The molecule has 0 aromatic heterocycles. The minimum absolute atomic E-state index is 0. The SMILES string of the molecule is CCCCCCCCCCCCCCCCCC(=O)N(CCCCCCCCN=C(N)N)CCCCCCCCN=C(N)N.Cl.Cl. The van der Waals surface area contributed by atoms with Crippen molar-refractivity contribution < 1.29 is 4.79 Å². The highest BCUT2D eigenvalue weighted by molar-refractivity contribution is 5.85. The van der Waals surface area contributed by atoms with E-state index in [9.17, 15) is 4.79 Å². The van der Waals surface area contributed by atoms with Crippen molar-refractivity contribution in [3.05, 3.63) is 0 Å². The summed E-state index contributed by atoms with van der Waals surface area (Å²) < 4.78 is 0. The number of carbonyl (C=O) groups excluding carboxylic acids is 1. The lowest BCUT2D eigenvalue weighted by Crippen LogP contribution is -2.32. The van der Waals surface area contributed by atoms with Crippen molar-refractivity contribution in [3.63, 3.8) is 0 Å². The van der Waals surface area contributed by atoms with E-state index >= 15 is 0 Å². The number of carbonyl (C=O) groups is 1. The largest absolute Gasteiger partial charge is 0.370 e. The molecule has 0 aliphatic carbocycles. The Hall–Kier alpha value is -1.41. The van der Waals surface area contributed by atoms with Gasteiger partial charge in [-0.15, -0.1) is 24.8 Å². The normalized spacial score (nSPS) is 10.5. The molecule has 0 saturated heterocycles. The quantitative estimate of drug-likeness (QED) is 0.0301. The second kappa shape index (κ2) is 39.8. The highest BCUT2D eigenvalue weighted by atomic mass is 35.5. The fourth-order valence-corrected chi connectivity index (χ4v) is 5.83. The van der Waals surface area contributed by atoms with Gasteiger partial charge in [0.2, 0.25) is 5.91 Å². The summed E-state index contributed by atoms with van der Waals surface area (Å²) in [5.74, 6) is 0.734. The second-order valence-corrected chi connectivity index (χ2v) is 12.9. The van der Waals surface area contributed by atoms with Crippen LogP contribution in [-0.2, 0) is 4.79 Å². The van der Waals surface area contributed by atoms with Gasteiger partial charge in [0, 0.05) is 32.6 Å². The number of hydrogen-bond acceptors (Lipinski definition) is 3. The summed E-state index contributed by atoms with van der Waals surface area (Å²) in [5, 5.41) is 0. The predicted molar refractivity (Wildman–Crippen MR) is 207 cm³/mol. The average Bonchev–Trinajstić information content (AvgIpc) is 2.99. The smallest absolute Gasteiger partial charge is 0.222 e. The van der Waals surface area contributed by atoms with E-state index in [4.69, 9.17) is 22.9 Å². The van der Waals surface area contributed by atoms with Crippen molar-refractivity contribution in [2.24, 2.45) is 32.9 Å². The molecule has 0 aliphatic rings. The molecule has 0 radical (unpaired) electrons. The monoisotopic (exact) mass is 694 g/mol. The Labute approximate surface area is 297 Å². The summed E-state index contributed by atoms with van der Waals surface area (Å²) in [6, 6.07) is 0. The zero-order chi connectivity index (χ0) is 32.4. The lowest BCUT2D eigenvalue weighted by atomic mass is 10.0. The molecule has 8 nitrogen and oxygen atoms in total. The van der Waals surface area contributed by atoms with Crippen molar-refractivity contribution >= 4 is 42.6 Å². The van der Waals surface area contributed by atoms with Crippen LogP contribution in [0.4, 0.5) is 0 Å². The van der Waals surface area contributed by atoms with Crippen molar-refractivity contribution in [3.8, 4) is 0 Å². The molecule has 0 saturated carbocycles. The van der Waals surface area contributed by atoms with Gasteiger partial charge in [-0.1, -0.05) is 148 Å². The van der Waals surface area contributed by atoms with Gasteiger partial charge < -0.3 is 27.8 Å². The van der Waals surface area contributed by atoms with E-state index in [-0.39, 0.29) is 36.7 Å². The molecule has 0 aliphatic heterocycles. The lowest BCUT2D eigenvalue weighted by Gasteiger charge is -2.23. The van der Waals surface area contributed by atoms with Crippen molar-refractivity contribution in [1.82, 2.24) is 4.90 Å². The van der Waals surface area contributed by atoms with E-state index in [1.165, 1.54) is 128 Å². The number of nitrogens with two attached hydrogens (primary N) is 4. The summed E-state index contributed by atoms with van der Waals surface area (Å²) in [4.78, 5) is 23.4. The zero-order valence-corrected chi connectivity index (χ0v) is 31.6. The maximum absolute atomic E-state index is 13.1. The molecule has 46 heavy (non-hydrogen) atoms. The lowest BCUT2D eigenvalue weighted by molar-refractivity contribution is -0.131. The summed E-state index contributed by atoms with van der Waals surface area (Å²) in [6.45, 7) is 5.54. The van der Waals surface area contributed by atoms with Crippen LogP contribution in [0.5, 0.6) is 0 Å². The van der Waals surface area contributed by atoms with Gasteiger partial charge in [0.15, 0.2) is 11.9 Å². The van der Waals surface area contributed by atoms with Crippen LogP contribution in [0.2, 0.25) is 0 Å². The fraction of sp³-hybridized carbons (Fsp3) is 0.917. The molecular formula is C36H77Cl2N7O. The first kappa shape index (κ1) is 49.0. The van der Waals surface area contributed by atoms with Crippen LogP contribution in [0, 0.1) is 0 Å². The minimum atomic E-state index is 0. The maximum Gasteiger partial charge on any atom is 0.222 e. The molecule has 8 N–H and O–H groups in total. The minimum Gasteiger partial charge on any atom is -0.370 e. The van der Waals surface area contributed by atoms with Gasteiger partial charge in [-0.25, -0.2) is 0 Å². The van der Waals surface area contributed by atoms with E-state index in [0.29, 0.717) is 12.3 Å². The Kier molecular flexibility index (Phi) is 42.3. The molecule has 0 unspecified atom stereocenters. The standard InChI is InChI=1S/C36H75N7O.2ClH/c1-2-3-4-5-6-7-8-9-10-11-12-13-14-19-24-29-34(44)43(32-27-22-17-15-20-25-30-41-35(37)38)33-28-23-18-16-21-26-31-42-36(39)40;;/h2-33H2,1H3,(H4,37,38,41)(H4,39,40,42);2*1H. The van der Waals surface area contributed by atoms with Crippen LogP contribution in [0.25, 0.3) is 0 Å². The van der Waals surface area contributed by atoms with Gasteiger partial charge in [-0.3, -0.25) is 14.8 Å². The number of aliphatic imine (C=N–C) groups is 2. The van der Waals surface area contributed by atoms with Crippen molar-refractivity contribution in [1.29, 1.82) is 0 Å². The third-order valence-corrected chi connectivity index (χ3v) is 8.61. The first-order valence-electron chi connectivity index (χ1n) is 18.9. The summed E-state index contributed by atoms with van der Waals surface area (Å²) in [7, 11) is 0. The molecule has 0 fully saturated rings. The van der Waals surface area contributed by atoms with Crippen molar-refractivity contribution in [2.45, 2.75) is 187 Å². The molecule has 0 aromatic rings. The Morgan fingerprint density at radius 1 is 0.435 bits per heavy atom. The Balaban J connectivity index is -0.00000924. The third kappa shape index (κ3) is 38.8. The van der Waals surface area contributed by atoms with Gasteiger partial charge in [0.25, 0.3) is 0 Å². The molecule has 0 heterocycles. The molecule has 10 heteroatoms. The average molecular weight is 695 g/mol. The molecular weight excluding hydrogens is 617 g/mol. The second-order valence-electron chi connectivity index (χ2n) is 12.9. The van der Waals surface area contributed by atoms with Crippen LogP contribution in [0.15, 0.2) is 9.98 Å². The van der Waals surface area contributed by atoms with Gasteiger partial charge in [-0.05, 0) is 32.1 Å². The first-order valence-corrected chi connectivity index (χ1v) is 18.9. The number of hydrogen-bond donors (Lipinski definition) is 4. The Bertz CT molecular complexity index is 653. The summed E-state index contributed by atoms with van der Waals surface area (Å²) in [6.07, 6.45) is 34.8. The highest BCUT2D eigenvalue weighted by Crippen LogP contribution is 2.15. The van der Waals surface area contributed by atoms with Crippen LogP contribution >= 0.6 is 24.8 Å². The Morgan fingerprint density at radius 3 is 1.04 bits per heavy atom. The van der Waals surface area contributed by atoms with Gasteiger partial charge in [0.1, 0.15) is 0 Å². The van der Waals surface area contributed by atoms with Gasteiger partial charge in [0.05, 0.1) is 0 Å². The zero-order valence-electron chi connectivity index (χ0n) is 30.0. The van der Waals surface area contributed by atoms with Gasteiger partial charge in [-0.2, -0.15) is 0 Å². The molecule has 0 spiro atoms. The molecule has 0 rings (SSSR count). The molecule has 0 aromatic carbocycles. The van der Waals surface area contributed by atoms with E-state index in [1.54, 1.807) is 0 Å². The summed E-state index contributed by atoms with van der Waals surface area (Å²) in [5.41, 5.74) is 21.5. The number of rotatable bonds is 34. The topological polar surface area (TPSA) is 149 Å². The van der Waals surface area contributed by atoms with Crippen LogP contribution in [0.1, 0.15) is 187 Å². The third-order valence-electron chi connectivity index (χ3n) is 8.61. The van der Waals surface area contributed by atoms with E-state index in [1.807, 2.05) is 0 Å². The van der Waals surface area contributed by atoms with Gasteiger partial charge >= 0.3 is 0 Å². The maximum atomic E-state index is 13.1. The van der Waals surface area contributed by atoms with Crippen LogP contribution in [0.3, 0.4) is 0 Å². The summed E-state index contributed by atoms with van der Waals surface area (Å²) >= 11 is 0. The van der Waals surface area contributed by atoms with Crippen LogP contribution < -0.4 is 22.9 Å². The number of amides is 1. The van der Waals surface area contributed by atoms with E-state index < -0.39 is 0 Å².